The maximum Gasteiger partial charge on any atom is 0.337 e. The van der Waals surface area contributed by atoms with Crippen LogP contribution in [0.15, 0.2) is 51.0 Å². The van der Waals surface area contributed by atoms with Gasteiger partial charge in [0.05, 0.1) is 41.6 Å². The molecular weight excluding hydrogens is 370 g/mol. The minimum absolute atomic E-state index is 0.154. The molecule has 0 aliphatic carbocycles. The van der Waals surface area contributed by atoms with Gasteiger partial charge in [0.15, 0.2) is 5.16 Å². The zero-order valence-electron chi connectivity index (χ0n) is 14.7. The summed E-state index contributed by atoms with van der Waals surface area (Å²) in [6.45, 7) is 1.78. The molecule has 3 aromatic rings. The third-order valence-electron chi connectivity index (χ3n) is 3.92. The monoisotopic (exact) mass is 387 g/mol. The largest absolute Gasteiger partial charge is 0.467 e. The van der Waals surface area contributed by atoms with Crippen LogP contribution in [0.5, 0.6) is 0 Å². The highest BCUT2D eigenvalue weighted by Crippen LogP contribution is 2.23. The van der Waals surface area contributed by atoms with Gasteiger partial charge in [0.1, 0.15) is 5.76 Å². The van der Waals surface area contributed by atoms with Crippen molar-refractivity contribution < 1.29 is 18.7 Å². The van der Waals surface area contributed by atoms with Gasteiger partial charge in [-0.15, -0.1) is 0 Å². The zero-order chi connectivity index (χ0) is 19.6. The van der Waals surface area contributed by atoms with Crippen molar-refractivity contribution in [1.29, 1.82) is 0 Å². The highest BCUT2D eigenvalue weighted by Gasteiger charge is 2.19. The normalized spacial score (nSPS) is 12.1. The van der Waals surface area contributed by atoms with Crippen LogP contribution in [0.1, 0.15) is 23.0 Å². The van der Waals surface area contributed by atoms with E-state index in [0.717, 1.165) is 11.8 Å². The van der Waals surface area contributed by atoms with Crippen molar-refractivity contribution >= 4 is 34.5 Å². The average Bonchev–Trinajstić information content (AvgIpc) is 3.16. The van der Waals surface area contributed by atoms with E-state index in [2.05, 4.69) is 4.98 Å². The Labute approximate surface area is 158 Å². The second-order valence-corrected chi connectivity index (χ2v) is 7.06. The molecule has 0 aliphatic heterocycles. The number of ether oxygens (including phenoxy) is 1. The second kappa shape index (κ2) is 7.67. The molecule has 0 saturated carbocycles. The summed E-state index contributed by atoms with van der Waals surface area (Å²) < 4.78 is 11.5. The Hall–Kier alpha value is -3.07. The van der Waals surface area contributed by atoms with Crippen molar-refractivity contribution in [3.8, 4) is 0 Å². The number of carbonyl (C=O) groups is 2. The number of hydrogen-bond donors (Lipinski definition) is 1. The van der Waals surface area contributed by atoms with Crippen molar-refractivity contribution in [2.75, 3.05) is 7.11 Å². The third-order valence-corrected chi connectivity index (χ3v) is 5.03. The van der Waals surface area contributed by atoms with Gasteiger partial charge >= 0.3 is 5.97 Å². The van der Waals surface area contributed by atoms with E-state index in [1.807, 2.05) is 0 Å². The van der Waals surface area contributed by atoms with Crippen LogP contribution in [0, 0.1) is 0 Å². The lowest BCUT2D eigenvalue weighted by atomic mass is 10.1. The molecule has 140 valence electrons. The van der Waals surface area contributed by atoms with Gasteiger partial charge in [-0.3, -0.25) is 14.2 Å². The molecule has 2 aromatic heterocycles. The number of nitrogens with zero attached hydrogens (tertiary/aromatic N) is 2. The van der Waals surface area contributed by atoms with Crippen molar-refractivity contribution in [1.82, 2.24) is 9.55 Å². The quantitative estimate of drug-likeness (QED) is 0.389. The maximum absolute atomic E-state index is 13.0. The van der Waals surface area contributed by atoms with Crippen LogP contribution >= 0.6 is 11.8 Å². The summed E-state index contributed by atoms with van der Waals surface area (Å²) in [5.74, 6) is -0.488. The van der Waals surface area contributed by atoms with E-state index in [1.54, 1.807) is 19.1 Å². The summed E-state index contributed by atoms with van der Waals surface area (Å²) in [7, 11) is 1.27. The van der Waals surface area contributed by atoms with Crippen molar-refractivity contribution in [2.24, 2.45) is 5.73 Å². The van der Waals surface area contributed by atoms with Crippen LogP contribution in [0.4, 0.5) is 0 Å². The number of amides is 1. The Morgan fingerprint density at radius 2 is 2.15 bits per heavy atom. The van der Waals surface area contributed by atoms with Gasteiger partial charge < -0.3 is 14.9 Å². The predicted octanol–water partition coefficient (Wildman–Crippen LogP) is 1.79. The van der Waals surface area contributed by atoms with Gasteiger partial charge in [-0.05, 0) is 37.3 Å². The summed E-state index contributed by atoms with van der Waals surface area (Å²) in [5.41, 5.74) is 5.64. The Bertz CT molecular complexity index is 1060. The molecule has 1 amide bonds. The van der Waals surface area contributed by atoms with Crippen molar-refractivity contribution in [3.63, 3.8) is 0 Å². The number of benzene rings is 1. The minimum atomic E-state index is -0.596. The van der Waals surface area contributed by atoms with Crippen molar-refractivity contribution in [3.05, 3.63) is 58.3 Å². The molecule has 27 heavy (non-hydrogen) atoms. The Kier molecular flexibility index (Phi) is 5.31. The van der Waals surface area contributed by atoms with E-state index >= 15 is 0 Å². The molecule has 0 radical (unpaired) electrons. The first kappa shape index (κ1) is 18.7. The summed E-state index contributed by atoms with van der Waals surface area (Å²) in [6, 6.07) is 7.98. The fourth-order valence-corrected chi connectivity index (χ4v) is 3.31. The molecule has 2 N–H and O–H groups in total. The van der Waals surface area contributed by atoms with Crippen LogP contribution in [-0.4, -0.2) is 33.8 Å². The topological polar surface area (TPSA) is 117 Å². The summed E-state index contributed by atoms with van der Waals surface area (Å²) in [4.78, 5) is 40.7. The predicted molar refractivity (Wildman–Crippen MR) is 99.7 cm³/mol. The Morgan fingerprint density at radius 3 is 2.78 bits per heavy atom. The molecule has 0 unspecified atom stereocenters. The smallest absolute Gasteiger partial charge is 0.337 e. The number of esters is 1. The molecule has 2 heterocycles. The standard InChI is InChI=1S/C18H17N3O5S/c1-10(15(19)22)27-18-20-14-8-11(17(24)25-2)5-6-13(14)16(23)21(18)9-12-4-3-7-26-12/h3-8,10H,9H2,1-2H3,(H2,19,22)/t10-/m0/s1. The number of fused-ring (bicyclic) bond motifs is 1. The maximum atomic E-state index is 13.0. The SMILES string of the molecule is COC(=O)c1ccc2c(=O)n(Cc3ccco3)c(S[C@@H](C)C(N)=O)nc2c1. The Morgan fingerprint density at radius 1 is 1.37 bits per heavy atom. The first-order valence-corrected chi connectivity index (χ1v) is 8.90. The molecule has 1 atom stereocenters. The van der Waals surface area contributed by atoms with E-state index in [0.29, 0.717) is 21.8 Å². The number of methoxy groups -OCH3 is 1. The first-order chi connectivity index (χ1) is 12.9. The molecule has 0 spiro atoms. The molecule has 3 rings (SSSR count). The number of thioether (sulfide) groups is 1. The van der Waals surface area contributed by atoms with Gasteiger partial charge in [0.2, 0.25) is 5.91 Å². The van der Waals surface area contributed by atoms with E-state index in [9.17, 15) is 14.4 Å². The molecule has 0 fully saturated rings. The number of rotatable bonds is 6. The van der Waals surface area contributed by atoms with Crippen LogP contribution in [0.25, 0.3) is 10.9 Å². The number of carbonyl (C=O) groups excluding carboxylic acids is 2. The minimum Gasteiger partial charge on any atom is -0.467 e. The van der Waals surface area contributed by atoms with Crippen molar-refractivity contribution in [2.45, 2.75) is 23.9 Å². The van der Waals surface area contributed by atoms with Crippen LogP contribution in [-0.2, 0) is 16.1 Å². The number of hydrogen-bond acceptors (Lipinski definition) is 7. The summed E-state index contributed by atoms with van der Waals surface area (Å²) >= 11 is 1.07. The third kappa shape index (κ3) is 3.87. The number of nitrogens with two attached hydrogens (primary N) is 1. The zero-order valence-corrected chi connectivity index (χ0v) is 15.5. The average molecular weight is 387 g/mol. The lowest BCUT2D eigenvalue weighted by Gasteiger charge is -2.14. The number of primary amides is 1. The number of aromatic nitrogens is 2. The van der Waals surface area contributed by atoms with Crippen LogP contribution < -0.4 is 11.3 Å². The summed E-state index contributed by atoms with van der Waals surface area (Å²) in [6.07, 6.45) is 1.51. The Balaban J connectivity index is 2.17. The van der Waals surface area contributed by atoms with Gasteiger partial charge in [-0.2, -0.15) is 0 Å². The molecule has 0 bridgehead atoms. The molecule has 0 saturated heterocycles. The second-order valence-electron chi connectivity index (χ2n) is 5.75. The van der Waals surface area contributed by atoms with E-state index in [4.69, 9.17) is 14.9 Å². The van der Waals surface area contributed by atoms with E-state index in [1.165, 1.54) is 36.1 Å². The summed E-state index contributed by atoms with van der Waals surface area (Å²) in [5, 5.41) is 0.0449. The van der Waals surface area contributed by atoms with Crippen LogP contribution in [0.3, 0.4) is 0 Å². The molecule has 9 heteroatoms. The van der Waals surface area contributed by atoms with Gasteiger partial charge in [0, 0.05) is 0 Å². The molecular formula is C18H17N3O5S. The molecule has 0 aliphatic rings. The van der Waals surface area contributed by atoms with Gasteiger partial charge in [-0.25, -0.2) is 9.78 Å². The first-order valence-electron chi connectivity index (χ1n) is 8.02. The van der Waals surface area contributed by atoms with E-state index in [-0.39, 0.29) is 17.7 Å². The number of furan rings is 1. The van der Waals surface area contributed by atoms with Crippen LogP contribution in [0.2, 0.25) is 0 Å². The molecule has 8 nitrogen and oxygen atoms in total. The fourth-order valence-electron chi connectivity index (χ4n) is 2.45. The molecule has 1 aromatic carbocycles. The highest BCUT2D eigenvalue weighted by molar-refractivity contribution is 8.00. The fraction of sp³-hybridized carbons (Fsp3) is 0.222. The highest BCUT2D eigenvalue weighted by atomic mass is 32.2. The van der Waals surface area contributed by atoms with Gasteiger partial charge in [0.25, 0.3) is 5.56 Å². The van der Waals surface area contributed by atoms with Gasteiger partial charge in [-0.1, -0.05) is 11.8 Å². The van der Waals surface area contributed by atoms with E-state index < -0.39 is 17.1 Å². The lowest BCUT2D eigenvalue weighted by Crippen LogP contribution is -2.27. The lowest BCUT2D eigenvalue weighted by molar-refractivity contribution is -0.117.